The summed E-state index contributed by atoms with van der Waals surface area (Å²) in [5.41, 5.74) is 1.04. The van der Waals surface area contributed by atoms with E-state index < -0.39 is 6.04 Å². The Hall–Kier alpha value is -2.28. The van der Waals surface area contributed by atoms with Gasteiger partial charge in [0.1, 0.15) is 11.5 Å². The molecule has 0 unspecified atom stereocenters. The highest BCUT2D eigenvalue weighted by Gasteiger charge is 2.35. The third-order valence-corrected chi connectivity index (χ3v) is 6.15. The second-order valence-corrected chi connectivity index (χ2v) is 7.98. The van der Waals surface area contributed by atoms with E-state index in [1.807, 2.05) is 25.1 Å². The van der Waals surface area contributed by atoms with E-state index in [9.17, 15) is 9.59 Å². The summed E-state index contributed by atoms with van der Waals surface area (Å²) in [6, 6.07) is 5.23. The van der Waals surface area contributed by atoms with Crippen LogP contribution in [-0.4, -0.2) is 49.7 Å². The largest absolute Gasteiger partial charge is 0.497 e. The van der Waals surface area contributed by atoms with Crippen molar-refractivity contribution in [3.63, 3.8) is 0 Å². The van der Waals surface area contributed by atoms with Gasteiger partial charge < -0.3 is 14.8 Å². The number of carbonyl (C=O) groups excluding carboxylic acids is 2. The van der Waals surface area contributed by atoms with Crippen LogP contribution in [0.25, 0.3) is 0 Å². The van der Waals surface area contributed by atoms with Crippen LogP contribution in [0, 0.1) is 0 Å². The number of hydrogen-bond acceptors (Lipinski definition) is 5. The fourth-order valence-electron chi connectivity index (χ4n) is 4.52. The first-order valence-corrected chi connectivity index (χ1v) is 10.6. The number of rotatable bonds is 6. The molecule has 1 saturated heterocycles. The van der Waals surface area contributed by atoms with E-state index >= 15 is 0 Å². The number of methoxy groups -OCH3 is 2. The minimum Gasteiger partial charge on any atom is -0.497 e. The molecule has 0 bridgehead atoms. The Bertz CT molecular complexity index is 718. The summed E-state index contributed by atoms with van der Waals surface area (Å²) in [7, 11) is 3.27. The van der Waals surface area contributed by atoms with Gasteiger partial charge in [0.15, 0.2) is 0 Å². The van der Waals surface area contributed by atoms with E-state index in [1.165, 1.54) is 6.42 Å². The van der Waals surface area contributed by atoms with Gasteiger partial charge in [0.25, 0.3) is 0 Å². The number of amides is 3. The summed E-state index contributed by atoms with van der Waals surface area (Å²) < 4.78 is 10.9. The van der Waals surface area contributed by atoms with Crippen LogP contribution in [0.4, 0.5) is 4.79 Å². The summed E-state index contributed by atoms with van der Waals surface area (Å²) in [4.78, 5) is 27.2. The van der Waals surface area contributed by atoms with Crippen molar-refractivity contribution in [2.75, 3.05) is 20.8 Å². The lowest BCUT2D eigenvalue weighted by molar-refractivity contribution is -0.125. The van der Waals surface area contributed by atoms with Gasteiger partial charge in [-0.3, -0.25) is 15.0 Å². The SMILES string of the molecule is COc1ccc([C@H]2CCCN2[C@H](C)C(=O)NC(=O)NC2CCCCC2)c(OC)c1. The summed E-state index contributed by atoms with van der Waals surface area (Å²) >= 11 is 0. The molecule has 29 heavy (non-hydrogen) atoms. The van der Waals surface area contributed by atoms with Crippen LogP contribution in [-0.2, 0) is 4.79 Å². The van der Waals surface area contributed by atoms with E-state index in [0.29, 0.717) is 0 Å². The van der Waals surface area contributed by atoms with Crippen LogP contribution in [0.2, 0.25) is 0 Å². The lowest BCUT2D eigenvalue weighted by Gasteiger charge is -2.31. The zero-order valence-electron chi connectivity index (χ0n) is 17.7. The lowest BCUT2D eigenvalue weighted by Crippen LogP contribution is -2.51. The standard InChI is InChI=1S/C22H33N3O4/c1-15(21(26)24-22(27)23-16-8-5-4-6-9-16)25-13-7-10-19(25)18-12-11-17(28-2)14-20(18)29-3/h11-12,14-16,19H,4-10,13H2,1-3H3,(H2,23,24,26,27)/t15-,19-/m1/s1. The van der Waals surface area contributed by atoms with Crippen LogP contribution >= 0.6 is 0 Å². The van der Waals surface area contributed by atoms with Gasteiger partial charge in [0, 0.05) is 23.7 Å². The monoisotopic (exact) mass is 403 g/mol. The third kappa shape index (κ3) is 5.21. The van der Waals surface area contributed by atoms with E-state index in [0.717, 1.165) is 62.1 Å². The molecule has 7 nitrogen and oxygen atoms in total. The molecule has 3 amide bonds. The van der Waals surface area contributed by atoms with E-state index in [-0.39, 0.29) is 24.0 Å². The topological polar surface area (TPSA) is 79.9 Å². The molecule has 1 aromatic rings. The van der Waals surface area contributed by atoms with E-state index in [4.69, 9.17) is 9.47 Å². The van der Waals surface area contributed by atoms with Crippen LogP contribution in [0.3, 0.4) is 0 Å². The average molecular weight is 404 g/mol. The molecule has 2 aliphatic rings. The third-order valence-electron chi connectivity index (χ3n) is 6.15. The zero-order chi connectivity index (χ0) is 20.8. The first-order chi connectivity index (χ1) is 14.0. The minimum atomic E-state index is -0.411. The van der Waals surface area contributed by atoms with Crippen molar-refractivity contribution in [3.8, 4) is 11.5 Å². The van der Waals surface area contributed by atoms with Gasteiger partial charge in [-0.1, -0.05) is 25.3 Å². The molecule has 2 fully saturated rings. The van der Waals surface area contributed by atoms with Crippen LogP contribution in [0.15, 0.2) is 18.2 Å². The molecule has 2 N–H and O–H groups in total. The molecule has 3 rings (SSSR count). The molecule has 0 spiro atoms. The van der Waals surface area contributed by atoms with Crippen molar-refractivity contribution in [3.05, 3.63) is 23.8 Å². The highest BCUT2D eigenvalue weighted by Crippen LogP contribution is 2.39. The molecule has 1 aliphatic carbocycles. The molecule has 2 atom stereocenters. The molecule has 0 aromatic heterocycles. The van der Waals surface area contributed by atoms with Gasteiger partial charge in [-0.05, 0) is 45.2 Å². The lowest BCUT2D eigenvalue weighted by atomic mass is 9.96. The molecule has 1 aromatic carbocycles. The van der Waals surface area contributed by atoms with Gasteiger partial charge in [0.05, 0.1) is 20.3 Å². The molecule has 7 heteroatoms. The Balaban J connectivity index is 1.64. The maximum absolute atomic E-state index is 12.7. The fourth-order valence-corrected chi connectivity index (χ4v) is 4.52. The van der Waals surface area contributed by atoms with Crippen molar-refractivity contribution in [2.45, 2.75) is 70.0 Å². The summed E-state index contributed by atoms with van der Waals surface area (Å²) in [5, 5.41) is 5.49. The number of carbonyl (C=O) groups is 2. The van der Waals surface area contributed by atoms with Gasteiger partial charge in [-0.15, -0.1) is 0 Å². The number of imide groups is 1. The molecule has 1 heterocycles. The predicted molar refractivity (Wildman–Crippen MR) is 111 cm³/mol. The number of likely N-dealkylation sites (tertiary alicyclic amines) is 1. The number of benzene rings is 1. The van der Waals surface area contributed by atoms with Crippen molar-refractivity contribution in [2.24, 2.45) is 0 Å². The Morgan fingerprint density at radius 1 is 1.07 bits per heavy atom. The van der Waals surface area contributed by atoms with Crippen molar-refractivity contribution in [1.29, 1.82) is 0 Å². The molecule has 1 saturated carbocycles. The van der Waals surface area contributed by atoms with Crippen LogP contribution in [0.5, 0.6) is 11.5 Å². The quantitative estimate of drug-likeness (QED) is 0.761. The molecule has 0 radical (unpaired) electrons. The Kier molecular flexibility index (Phi) is 7.36. The van der Waals surface area contributed by atoms with Gasteiger partial charge >= 0.3 is 6.03 Å². The number of ether oxygens (including phenoxy) is 2. The molecular formula is C22H33N3O4. The first-order valence-electron chi connectivity index (χ1n) is 10.6. The fraction of sp³-hybridized carbons (Fsp3) is 0.636. The highest BCUT2D eigenvalue weighted by atomic mass is 16.5. The van der Waals surface area contributed by atoms with Crippen LogP contribution in [0.1, 0.15) is 63.5 Å². The minimum absolute atomic E-state index is 0.0676. The first kappa shape index (κ1) is 21.4. The Morgan fingerprint density at radius 2 is 1.83 bits per heavy atom. The Morgan fingerprint density at radius 3 is 2.52 bits per heavy atom. The van der Waals surface area contributed by atoms with Gasteiger partial charge in [-0.25, -0.2) is 4.79 Å². The normalized spacial score (nSPS) is 21.4. The van der Waals surface area contributed by atoms with Crippen molar-refractivity contribution in [1.82, 2.24) is 15.5 Å². The highest BCUT2D eigenvalue weighted by molar-refractivity contribution is 5.96. The van der Waals surface area contributed by atoms with Gasteiger partial charge in [-0.2, -0.15) is 0 Å². The average Bonchev–Trinajstić information content (AvgIpc) is 3.22. The second kappa shape index (κ2) is 9.96. The number of nitrogens with zero attached hydrogens (tertiary/aromatic N) is 1. The predicted octanol–water partition coefficient (Wildman–Crippen LogP) is 3.39. The molecule has 160 valence electrons. The number of nitrogens with one attached hydrogen (secondary N) is 2. The smallest absolute Gasteiger partial charge is 0.321 e. The summed E-state index contributed by atoms with van der Waals surface area (Å²) in [6.07, 6.45) is 7.40. The van der Waals surface area contributed by atoms with E-state index in [1.54, 1.807) is 14.2 Å². The maximum atomic E-state index is 12.7. The summed E-state index contributed by atoms with van der Waals surface area (Å²) in [5.74, 6) is 1.22. The maximum Gasteiger partial charge on any atom is 0.321 e. The molecule has 1 aliphatic heterocycles. The van der Waals surface area contributed by atoms with Crippen molar-refractivity contribution < 1.29 is 19.1 Å². The van der Waals surface area contributed by atoms with Crippen LogP contribution < -0.4 is 20.1 Å². The van der Waals surface area contributed by atoms with Crippen molar-refractivity contribution >= 4 is 11.9 Å². The van der Waals surface area contributed by atoms with E-state index in [2.05, 4.69) is 15.5 Å². The zero-order valence-corrected chi connectivity index (χ0v) is 17.7. The second-order valence-electron chi connectivity index (χ2n) is 7.98. The number of hydrogen-bond donors (Lipinski definition) is 2. The molecular weight excluding hydrogens is 370 g/mol. The summed E-state index contributed by atoms with van der Waals surface area (Å²) in [6.45, 7) is 2.66. The number of urea groups is 1. The Labute approximate surface area is 173 Å². The van der Waals surface area contributed by atoms with Gasteiger partial charge in [0.2, 0.25) is 5.91 Å².